The van der Waals surface area contributed by atoms with Gasteiger partial charge in [-0.2, -0.15) is 13.2 Å². The van der Waals surface area contributed by atoms with Crippen molar-refractivity contribution in [1.82, 2.24) is 0 Å². The van der Waals surface area contributed by atoms with E-state index in [1.807, 2.05) is 0 Å². The van der Waals surface area contributed by atoms with Crippen LogP contribution >= 0.6 is 11.6 Å². The van der Waals surface area contributed by atoms with Crippen molar-refractivity contribution in [2.24, 2.45) is 0 Å². The van der Waals surface area contributed by atoms with Crippen molar-refractivity contribution in [2.75, 3.05) is 0 Å². The molecule has 2 nitrogen and oxygen atoms in total. The fourth-order valence-electron chi connectivity index (χ4n) is 0.846. The van der Waals surface area contributed by atoms with Crippen molar-refractivity contribution in [1.29, 1.82) is 0 Å². The summed E-state index contributed by atoms with van der Waals surface area (Å²) in [6.45, 7) is 0. The van der Waals surface area contributed by atoms with Crippen molar-refractivity contribution in [2.45, 2.75) is 6.18 Å². The summed E-state index contributed by atoms with van der Waals surface area (Å²) in [6.07, 6.45) is -4.65. The Hall–Kier alpha value is -1.30. The van der Waals surface area contributed by atoms with Crippen LogP contribution in [0.1, 0.15) is 5.56 Å². The van der Waals surface area contributed by atoms with Gasteiger partial charge in [0.25, 0.3) is 0 Å². The molecule has 1 aromatic carbocycles. The number of hydrogen-bond donors (Lipinski definition) is 0. The van der Waals surface area contributed by atoms with Gasteiger partial charge in [0.05, 0.1) is 5.56 Å². The molecule has 0 aliphatic rings. The van der Waals surface area contributed by atoms with Gasteiger partial charge in [0.15, 0.2) is 11.6 Å². The smallest absolute Gasteiger partial charge is 0.411 e. The normalized spacial score (nSPS) is 11.3. The predicted octanol–water partition coefficient (Wildman–Crippen LogP) is 3.58. The number of alkyl halides is 3. The van der Waals surface area contributed by atoms with Crippen LogP contribution in [0, 0.1) is 5.82 Å². The largest absolute Gasteiger partial charge is 0.416 e. The standard InChI is InChI=1S/C8H3ClF4O2/c9-7(14)15-6-2-1-4(3-5(6)10)8(11,12)13/h1-3H. The van der Waals surface area contributed by atoms with E-state index < -0.39 is 28.7 Å². The van der Waals surface area contributed by atoms with E-state index >= 15 is 0 Å². The Bertz CT molecular complexity index is 389. The molecule has 0 bridgehead atoms. The van der Waals surface area contributed by atoms with E-state index in [1.54, 1.807) is 0 Å². The van der Waals surface area contributed by atoms with Crippen molar-refractivity contribution in [3.05, 3.63) is 29.6 Å². The molecule has 1 aromatic rings. The number of rotatable bonds is 1. The molecule has 0 radical (unpaired) electrons. The lowest BCUT2D eigenvalue weighted by molar-refractivity contribution is -0.137. The van der Waals surface area contributed by atoms with Crippen LogP contribution in [-0.4, -0.2) is 5.43 Å². The lowest BCUT2D eigenvalue weighted by atomic mass is 10.2. The number of benzene rings is 1. The molecule has 0 aromatic heterocycles. The third-order valence-electron chi connectivity index (χ3n) is 1.45. The molecule has 0 aliphatic carbocycles. The zero-order valence-corrected chi connectivity index (χ0v) is 7.69. The van der Waals surface area contributed by atoms with E-state index in [0.717, 1.165) is 0 Å². The first-order valence-corrected chi connectivity index (χ1v) is 3.92. The first-order valence-electron chi connectivity index (χ1n) is 3.55. The summed E-state index contributed by atoms with van der Waals surface area (Å²) in [5.41, 5.74) is -2.50. The summed E-state index contributed by atoms with van der Waals surface area (Å²) in [5.74, 6) is -1.96. The quantitative estimate of drug-likeness (QED) is 0.556. The summed E-state index contributed by atoms with van der Waals surface area (Å²) in [6, 6.07) is 1.48. The second-order valence-electron chi connectivity index (χ2n) is 2.48. The number of hydrogen-bond acceptors (Lipinski definition) is 2. The van der Waals surface area contributed by atoms with E-state index in [4.69, 9.17) is 11.6 Å². The average Bonchev–Trinajstić information content (AvgIpc) is 2.05. The first-order chi connectivity index (χ1) is 6.80. The summed E-state index contributed by atoms with van der Waals surface area (Å²) < 4.78 is 53.2. The van der Waals surface area contributed by atoms with Crippen LogP contribution in [0.3, 0.4) is 0 Å². The van der Waals surface area contributed by atoms with Crippen LogP contribution in [0.2, 0.25) is 0 Å². The lowest BCUT2D eigenvalue weighted by Crippen LogP contribution is -2.06. The number of carbonyl (C=O) groups excluding carboxylic acids is 1. The number of carbonyl (C=O) groups is 1. The monoisotopic (exact) mass is 242 g/mol. The molecule has 15 heavy (non-hydrogen) atoms. The molecular formula is C8H3ClF4O2. The molecule has 0 saturated heterocycles. The second kappa shape index (κ2) is 4.06. The molecule has 0 unspecified atom stereocenters. The van der Waals surface area contributed by atoms with Gasteiger partial charge in [0.1, 0.15) is 0 Å². The van der Waals surface area contributed by atoms with Gasteiger partial charge < -0.3 is 4.74 Å². The highest BCUT2D eigenvalue weighted by Crippen LogP contribution is 2.31. The molecule has 1 rings (SSSR count). The molecule has 0 N–H and O–H groups in total. The van der Waals surface area contributed by atoms with Crippen LogP contribution < -0.4 is 4.74 Å². The van der Waals surface area contributed by atoms with E-state index in [1.165, 1.54) is 0 Å². The Kier molecular flexibility index (Phi) is 3.18. The molecule has 0 fully saturated rings. The van der Waals surface area contributed by atoms with Crippen LogP contribution in [0.15, 0.2) is 18.2 Å². The lowest BCUT2D eigenvalue weighted by Gasteiger charge is -2.07. The van der Waals surface area contributed by atoms with Gasteiger partial charge >= 0.3 is 11.6 Å². The fourth-order valence-corrected chi connectivity index (χ4v) is 0.930. The van der Waals surface area contributed by atoms with Gasteiger partial charge in [0, 0.05) is 11.6 Å². The molecule has 0 aliphatic heterocycles. The van der Waals surface area contributed by atoms with Gasteiger partial charge in [-0.3, -0.25) is 0 Å². The highest BCUT2D eigenvalue weighted by molar-refractivity contribution is 6.61. The number of ether oxygens (including phenoxy) is 1. The van der Waals surface area contributed by atoms with Crippen molar-refractivity contribution >= 4 is 17.0 Å². The molecule has 0 heterocycles. The highest BCUT2D eigenvalue weighted by atomic mass is 35.5. The fraction of sp³-hybridized carbons (Fsp3) is 0.125. The summed E-state index contributed by atoms with van der Waals surface area (Å²) >= 11 is 4.76. The Morgan fingerprint density at radius 3 is 2.33 bits per heavy atom. The van der Waals surface area contributed by atoms with Crippen LogP contribution in [-0.2, 0) is 6.18 Å². The van der Waals surface area contributed by atoms with Gasteiger partial charge in [-0.15, -0.1) is 0 Å². The van der Waals surface area contributed by atoms with Crippen molar-refractivity contribution < 1.29 is 27.1 Å². The second-order valence-corrected chi connectivity index (χ2v) is 2.79. The van der Waals surface area contributed by atoms with E-state index in [2.05, 4.69) is 4.74 Å². The maximum absolute atomic E-state index is 12.9. The van der Waals surface area contributed by atoms with E-state index in [-0.39, 0.29) is 6.07 Å². The summed E-state index contributed by atoms with van der Waals surface area (Å²) in [4.78, 5) is 10.2. The van der Waals surface area contributed by atoms with Gasteiger partial charge in [-0.25, -0.2) is 9.18 Å². The van der Waals surface area contributed by atoms with Crippen molar-refractivity contribution in [3.63, 3.8) is 0 Å². The molecule has 82 valence electrons. The third-order valence-corrected chi connectivity index (χ3v) is 1.53. The SMILES string of the molecule is O=C(Cl)Oc1ccc(C(F)(F)F)cc1F. The Balaban J connectivity index is 3.03. The van der Waals surface area contributed by atoms with Crippen molar-refractivity contribution in [3.8, 4) is 5.75 Å². The van der Waals surface area contributed by atoms with E-state index in [9.17, 15) is 22.4 Å². The Morgan fingerprint density at radius 1 is 1.33 bits per heavy atom. The average molecular weight is 243 g/mol. The maximum Gasteiger partial charge on any atom is 0.416 e. The molecule has 0 atom stereocenters. The zero-order chi connectivity index (χ0) is 11.6. The van der Waals surface area contributed by atoms with Crippen LogP contribution in [0.4, 0.5) is 22.4 Å². The van der Waals surface area contributed by atoms with Crippen LogP contribution in [0.5, 0.6) is 5.75 Å². The zero-order valence-electron chi connectivity index (χ0n) is 6.94. The first kappa shape index (κ1) is 11.8. The molecule has 0 amide bonds. The van der Waals surface area contributed by atoms with E-state index in [0.29, 0.717) is 12.1 Å². The summed E-state index contributed by atoms with van der Waals surface area (Å²) in [5, 5.41) is 0. The minimum atomic E-state index is -4.65. The molecular weight excluding hydrogens is 240 g/mol. The topological polar surface area (TPSA) is 26.3 Å². The van der Waals surface area contributed by atoms with Gasteiger partial charge in [-0.1, -0.05) is 0 Å². The highest BCUT2D eigenvalue weighted by Gasteiger charge is 2.31. The Morgan fingerprint density at radius 2 is 1.93 bits per heavy atom. The molecule has 0 saturated carbocycles. The summed E-state index contributed by atoms with van der Waals surface area (Å²) in [7, 11) is 0. The number of halogens is 5. The minimum Gasteiger partial charge on any atom is -0.411 e. The van der Waals surface area contributed by atoms with Gasteiger partial charge in [0.2, 0.25) is 0 Å². The third kappa shape index (κ3) is 3.09. The molecule has 7 heteroatoms. The Labute approximate surface area is 86.4 Å². The predicted molar refractivity (Wildman–Crippen MR) is 43.3 cm³/mol. The molecule has 0 spiro atoms. The maximum atomic E-state index is 12.9. The minimum absolute atomic E-state index is 0.217. The van der Waals surface area contributed by atoms with Crippen LogP contribution in [0.25, 0.3) is 0 Å². The van der Waals surface area contributed by atoms with Gasteiger partial charge in [-0.05, 0) is 18.2 Å².